The quantitative estimate of drug-likeness (QED) is 0.716. The lowest BCUT2D eigenvalue weighted by Gasteiger charge is -2.30. The van der Waals surface area contributed by atoms with E-state index >= 15 is 0 Å². The Hall–Kier alpha value is -2.34. The Balaban J connectivity index is 1.57. The highest BCUT2D eigenvalue weighted by atomic mass is 35.5. The van der Waals surface area contributed by atoms with Gasteiger partial charge in [-0.3, -0.25) is 4.79 Å². The van der Waals surface area contributed by atoms with Gasteiger partial charge in [-0.25, -0.2) is 0 Å². The Labute approximate surface area is 144 Å². The van der Waals surface area contributed by atoms with Gasteiger partial charge in [0.15, 0.2) is 0 Å². The molecule has 2 aromatic heterocycles. The van der Waals surface area contributed by atoms with E-state index in [1.165, 1.54) is 6.39 Å². The third-order valence-electron chi connectivity index (χ3n) is 4.76. The Bertz CT molecular complexity index is 841. The molecule has 0 spiro atoms. The van der Waals surface area contributed by atoms with Crippen LogP contribution in [0.5, 0.6) is 0 Å². The zero-order chi connectivity index (χ0) is 16.7. The maximum Gasteiger partial charge on any atom is 0.272 e. The van der Waals surface area contributed by atoms with E-state index in [1.54, 1.807) is 0 Å². The van der Waals surface area contributed by atoms with Crippen LogP contribution in [0.4, 0.5) is 0 Å². The summed E-state index contributed by atoms with van der Waals surface area (Å²) < 4.78 is 7.16. The van der Waals surface area contributed by atoms with Crippen molar-refractivity contribution in [1.82, 2.24) is 19.7 Å². The van der Waals surface area contributed by atoms with Crippen molar-refractivity contribution in [1.29, 1.82) is 0 Å². The van der Waals surface area contributed by atoms with Crippen molar-refractivity contribution in [3.8, 4) is 0 Å². The third-order valence-corrected chi connectivity index (χ3v) is 5.14. The van der Waals surface area contributed by atoms with E-state index in [1.807, 2.05) is 40.8 Å². The predicted molar refractivity (Wildman–Crippen MR) is 90.1 cm³/mol. The number of hydrogen-bond donors (Lipinski definition) is 0. The van der Waals surface area contributed by atoms with Crippen molar-refractivity contribution < 1.29 is 9.21 Å². The van der Waals surface area contributed by atoms with Crippen molar-refractivity contribution in [2.75, 3.05) is 13.1 Å². The van der Waals surface area contributed by atoms with Gasteiger partial charge in [-0.05, 0) is 18.9 Å². The molecular weight excluding hydrogens is 328 g/mol. The Morgan fingerprint density at radius 2 is 2.04 bits per heavy atom. The van der Waals surface area contributed by atoms with Crippen molar-refractivity contribution in [2.24, 2.45) is 7.05 Å². The molecule has 0 aliphatic carbocycles. The van der Waals surface area contributed by atoms with Gasteiger partial charge in [0.2, 0.25) is 12.3 Å². The Morgan fingerprint density at radius 1 is 1.29 bits per heavy atom. The van der Waals surface area contributed by atoms with Gasteiger partial charge in [0.05, 0.1) is 5.02 Å². The zero-order valence-electron chi connectivity index (χ0n) is 13.3. The number of para-hydroxylation sites is 1. The summed E-state index contributed by atoms with van der Waals surface area (Å²) in [5.74, 6) is 0.854. The number of carbonyl (C=O) groups excluding carboxylic acids is 1. The number of benzene rings is 1. The van der Waals surface area contributed by atoms with E-state index in [9.17, 15) is 4.79 Å². The smallest absolute Gasteiger partial charge is 0.272 e. The molecule has 1 aromatic carbocycles. The van der Waals surface area contributed by atoms with Crippen LogP contribution in [0.1, 0.15) is 35.1 Å². The number of fused-ring (bicyclic) bond motifs is 1. The van der Waals surface area contributed by atoms with Crippen molar-refractivity contribution in [2.45, 2.75) is 18.8 Å². The summed E-state index contributed by atoms with van der Waals surface area (Å²) >= 11 is 6.48. The lowest BCUT2D eigenvalue weighted by atomic mass is 9.96. The standard InChI is InChI=1S/C17H17ClN4O2/c1-21-13-5-3-2-4-12(13)14(18)15(21)17(23)22-8-6-11(7-9-22)16-20-19-10-24-16/h2-5,10-11H,6-9H2,1H3. The summed E-state index contributed by atoms with van der Waals surface area (Å²) in [5.41, 5.74) is 1.51. The van der Waals surface area contributed by atoms with Gasteiger partial charge in [-0.1, -0.05) is 29.8 Å². The van der Waals surface area contributed by atoms with Crippen LogP contribution < -0.4 is 0 Å². The third kappa shape index (κ3) is 2.38. The molecule has 7 heteroatoms. The molecule has 1 aliphatic heterocycles. The molecule has 0 radical (unpaired) electrons. The number of carbonyl (C=O) groups is 1. The van der Waals surface area contributed by atoms with E-state index < -0.39 is 0 Å². The Kier molecular flexibility index (Phi) is 3.76. The highest BCUT2D eigenvalue weighted by Gasteiger charge is 2.30. The summed E-state index contributed by atoms with van der Waals surface area (Å²) in [4.78, 5) is 14.8. The largest absolute Gasteiger partial charge is 0.428 e. The molecule has 1 amide bonds. The molecule has 0 N–H and O–H groups in total. The zero-order valence-corrected chi connectivity index (χ0v) is 14.0. The first-order valence-electron chi connectivity index (χ1n) is 7.95. The highest BCUT2D eigenvalue weighted by molar-refractivity contribution is 6.38. The molecule has 1 saturated heterocycles. The number of likely N-dealkylation sites (tertiary alicyclic amines) is 1. The molecule has 1 fully saturated rings. The molecule has 24 heavy (non-hydrogen) atoms. The Morgan fingerprint density at radius 3 is 2.71 bits per heavy atom. The molecule has 0 unspecified atom stereocenters. The van der Waals surface area contributed by atoms with Crippen LogP contribution in [0.3, 0.4) is 0 Å². The SMILES string of the molecule is Cn1c(C(=O)N2CCC(c3nnco3)CC2)c(Cl)c2ccccc21. The average molecular weight is 345 g/mol. The maximum absolute atomic E-state index is 13.0. The normalized spacial score (nSPS) is 16.0. The molecule has 0 bridgehead atoms. The number of rotatable bonds is 2. The van der Waals surface area contributed by atoms with Crippen LogP contribution in [0.2, 0.25) is 5.02 Å². The molecule has 1 aliphatic rings. The van der Waals surface area contributed by atoms with Crippen LogP contribution in [0.25, 0.3) is 10.9 Å². The number of piperidine rings is 1. The first-order chi connectivity index (χ1) is 11.7. The molecular formula is C17H17ClN4O2. The molecule has 4 rings (SSSR count). The molecule has 3 aromatic rings. The predicted octanol–water partition coefficient (Wildman–Crippen LogP) is 3.23. The van der Waals surface area contributed by atoms with E-state index in [-0.39, 0.29) is 11.8 Å². The minimum Gasteiger partial charge on any atom is -0.428 e. The fraction of sp³-hybridized carbons (Fsp3) is 0.353. The van der Waals surface area contributed by atoms with Gasteiger partial charge < -0.3 is 13.9 Å². The van der Waals surface area contributed by atoms with Crippen molar-refractivity contribution >= 4 is 28.4 Å². The van der Waals surface area contributed by atoms with E-state index in [4.69, 9.17) is 16.0 Å². The number of hydrogen-bond acceptors (Lipinski definition) is 4. The number of halogens is 1. The second-order valence-electron chi connectivity index (χ2n) is 6.08. The van der Waals surface area contributed by atoms with E-state index in [0.717, 1.165) is 23.7 Å². The first kappa shape index (κ1) is 15.2. The van der Waals surface area contributed by atoms with E-state index in [0.29, 0.717) is 29.7 Å². The number of aromatic nitrogens is 3. The number of aryl methyl sites for hydroxylation is 1. The van der Waals surface area contributed by atoms with Gasteiger partial charge in [-0.2, -0.15) is 0 Å². The summed E-state index contributed by atoms with van der Waals surface area (Å²) in [6.45, 7) is 1.31. The van der Waals surface area contributed by atoms with Gasteiger partial charge in [0.1, 0.15) is 5.69 Å². The first-order valence-corrected chi connectivity index (χ1v) is 8.33. The highest BCUT2D eigenvalue weighted by Crippen LogP contribution is 2.32. The van der Waals surface area contributed by atoms with Crippen LogP contribution in [-0.2, 0) is 7.05 Å². The minimum absolute atomic E-state index is 0.0253. The van der Waals surface area contributed by atoms with Gasteiger partial charge >= 0.3 is 0 Å². The van der Waals surface area contributed by atoms with Gasteiger partial charge in [0, 0.05) is 37.0 Å². The fourth-order valence-corrected chi connectivity index (χ4v) is 3.79. The monoisotopic (exact) mass is 344 g/mol. The van der Waals surface area contributed by atoms with Crippen LogP contribution in [-0.4, -0.2) is 38.7 Å². The topological polar surface area (TPSA) is 64.2 Å². The van der Waals surface area contributed by atoms with E-state index in [2.05, 4.69) is 10.2 Å². The molecule has 0 atom stereocenters. The van der Waals surface area contributed by atoms with Crippen LogP contribution in [0.15, 0.2) is 35.1 Å². The molecule has 0 saturated carbocycles. The van der Waals surface area contributed by atoms with Crippen molar-refractivity contribution in [3.05, 3.63) is 47.3 Å². The van der Waals surface area contributed by atoms with Crippen molar-refractivity contribution in [3.63, 3.8) is 0 Å². The summed E-state index contributed by atoms with van der Waals surface area (Å²) in [5, 5.41) is 9.14. The summed E-state index contributed by atoms with van der Waals surface area (Å²) in [6, 6.07) is 7.79. The minimum atomic E-state index is -0.0253. The average Bonchev–Trinajstić information content (AvgIpc) is 3.23. The summed E-state index contributed by atoms with van der Waals surface area (Å²) in [7, 11) is 1.88. The van der Waals surface area contributed by atoms with Gasteiger partial charge in [0.25, 0.3) is 5.91 Å². The fourth-order valence-electron chi connectivity index (χ4n) is 3.42. The maximum atomic E-state index is 13.0. The van der Waals surface area contributed by atoms with Gasteiger partial charge in [-0.15, -0.1) is 10.2 Å². The second-order valence-corrected chi connectivity index (χ2v) is 6.46. The number of amides is 1. The second kappa shape index (κ2) is 5.94. The summed E-state index contributed by atoms with van der Waals surface area (Å²) in [6.07, 6.45) is 2.98. The molecule has 3 heterocycles. The molecule has 6 nitrogen and oxygen atoms in total. The number of nitrogens with zero attached hydrogens (tertiary/aromatic N) is 4. The van der Waals surface area contributed by atoms with Crippen LogP contribution >= 0.6 is 11.6 Å². The lowest BCUT2D eigenvalue weighted by Crippen LogP contribution is -2.38. The van der Waals surface area contributed by atoms with Crippen LogP contribution in [0, 0.1) is 0 Å². The lowest BCUT2D eigenvalue weighted by molar-refractivity contribution is 0.0697. The molecule has 124 valence electrons.